The number of hydrogen-bond donors (Lipinski definition) is 1. The van der Waals surface area contributed by atoms with Crippen LogP contribution < -0.4 is 5.09 Å². The van der Waals surface area contributed by atoms with Gasteiger partial charge in [-0.2, -0.15) is 5.11 Å². The van der Waals surface area contributed by atoms with Crippen molar-refractivity contribution in [3.8, 4) is 0 Å². The third-order valence-electron chi connectivity index (χ3n) is 0.485. The highest BCUT2D eigenvalue weighted by Gasteiger charge is 2.10. The minimum absolute atomic E-state index is 1.19. The molecule has 0 atom stereocenters. The molecule has 0 saturated heterocycles. The van der Waals surface area contributed by atoms with E-state index in [1.54, 1.807) is 7.05 Å². The fourth-order valence-electron chi connectivity index (χ4n) is 0.200. The highest BCUT2D eigenvalue weighted by molar-refractivity contribution is 6.73. The van der Waals surface area contributed by atoms with Crippen molar-refractivity contribution in [1.29, 1.82) is 0 Å². The summed E-state index contributed by atoms with van der Waals surface area (Å²) in [6.45, 7) is 6.51. The molecule has 0 amide bonds. The van der Waals surface area contributed by atoms with Crippen LogP contribution >= 0.6 is 0 Å². The highest BCUT2D eigenvalue weighted by Crippen LogP contribution is 1.92. The molecule has 0 unspecified atom stereocenters. The Kier molecular flexibility index (Phi) is 2.68. The molecule has 0 fully saturated rings. The number of nitrogens with zero attached hydrogens (tertiary/aromatic N) is 2. The summed E-state index contributed by atoms with van der Waals surface area (Å²) in [5.74, 6) is 0. The van der Waals surface area contributed by atoms with E-state index in [-0.39, 0.29) is 0 Å². The van der Waals surface area contributed by atoms with E-state index in [2.05, 4.69) is 35.1 Å². The van der Waals surface area contributed by atoms with E-state index in [4.69, 9.17) is 0 Å². The van der Waals surface area contributed by atoms with Crippen LogP contribution in [0.3, 0.4) is 0 Å². The first-order valence-corrected chi connectivity index (χ1v) is 6.12. The molecule has 0 bridgehead atoms. The highest BCUT2D eigenvalue weighted by atomic mass is 28.3. The first-order chi connectivity index (χ1) is 3.56. The van der Waals surface area contributed by atoms with Gasteiger partial charge in [-0.3, -0.25) is 0 Å². The molecule has 1 N–H and O–H groups in total. The Labute approximate surface area is 51.3 Å². The standard InChI is InChI=1S/C4H13N3Si/c1-5-6-7-8(2,3)4/h1-4H3,(H,5,7). The second-order valence-electron chi connectivity index (χ2n) is 2.66. The zero-order valence-electron chi connectivity index (χ0n) is 5.89. The van der Waals surface area contributed by atoms with Crippen LogP contribution in [0, 0.1) is 0 Å². The molecule has 3 nitrogen and oxygen atoms in total. The van der Waals surface area contributed by atoms with E-state index in [0.717, 1.165) is 0 Å². The summed E-state index contributed by atoms with van der Waals surface area (Å²) in [4.78, 5) is 0. The summed E-state index contributed by atoms with van der Waals surface area (Å²) in [5.41, 5.74) is 0. The molecular weight excluding hydrogens is 118 g/mol. The van der Waals surface area contributed by atoms with Gasteiger partial charge in [-0.05, 0) is 0 Å². The second kappa shape index (κ2) is 2.81. The van der Waals surface area contributed by atoms with Gasteiger partial charge in [0.15, 0.2) is 8.24 Å². The van der Waals surface area contributed by atoms with Gasteiger partial charge in [0.2, 0.25) is 0 Å². The van der Waals surface area contributed by atoms with E-state index in [1.807, 2.05) is 0 Å². The summed E-state index contributed by atoms with van der Waals surface area (Å²) < 4.78 is 0. The van der Waals surface area contributed by atoms with E-state index in [1.165, 1.54) is 0 Å². The topological polar surface area (TPSA) is 36.8 Å². The average Bonchev–Trinajstić information content (AvgIpc) is 1.59. The van der Waals surface area contributed by atoms with Crippen molar-refractivity contribution in [3.05, 3.63) is 0 Å². The van der Waals surface area contributed by atoms with Crippen molar-refractivity contribution in [2.45, 2.75) is 19.6 Å². The van der Waals surface area contributed by atoms with Gasteiger partial charge in [0.1, 0.15) is 0 Å². The van der Waals surface area contributed by atoms with Gasteiger partial charge < -0.3 is 5.09 Å². The van der Waals surface area contributed by atoms with Crippen LogP contribution in [0.25, 0.3) is 0 Å². The predicted octanol–water partition coefficient (Wildman–Crippen LogP) is 1.41. The summed E-state index contributed by atoms with van der Waals surface area (Å²) in [6, 6.07) is 0. The molecule has 0 aliphatic rings. The van der Waals surface area contributed by atoms with Gasteiger partial charge in [-0.1, -0.05) is 24.9 Å². The molecule has 0 aromatic heterocycles. The summed E-state index contributed by atoms with van der Waals surface area (Å²) in [7, 11) is 0.471. The largest absolute Gasteiger partial charge is 0.319 e. The SMILES string of the molecule is CN=NN[Si](C)(C)C. The van der Waals surface area contributed by atoms with Crippen molar-refractivity contribution in [2.75, 3.05) is 7.05 Å². The maximum absolute atomic E-state index is 3.68. The van der Waals surface area contributed by atoms with Crippen LogP contribution in [0.4, 0.5) is 0 Å². The lowest BCUT2D eigenvalue weighted by atomic mass is 11.6. The van der Waals surface area contributed by atoms with E-state index < -0.39 is 8.24 Å². The zero-order chi connectivity index (χ0) is 6.62. The van der Waals surface area contributed by atoms with Crippen molar-refractivity contribution in [2.24, 2.45) is 10.3 Å². The van der Waals surface area contributed by atoms with Crippen LogP contribution in [0.15, 0.2) is 10.3 Å². The van der Waals surface area contributed by atoms with Crippen molar-refractivity contribution >= 4 is 8.24 Å². The van der Waals surface area contributed by atoms with Crippen molar-refractivity contribution in [1.82, 2.24) is 5.09 Å². The molecule has 0 saturated carbocycles. The van der Waals surface area contributed by atoms with Crippen LogP contribution in [-0.2, 0) is 0 Å². The Hall–Kier alpha value is -0.383. The molecule has 0 aromatic rings. The minimum atomic E-state index is -1.19. The molecule has 0 rings (SSSR count). The average molecular weight is 131 g/mol. The monoisotopic (exact) mass is 131 g/mol. The molecule has 0 heterocycles. The minimum Gasteiger partial charge on any atom is -0.319 e. The molecule has 0 aromatic carbocycles. The number of nitrogens with one attached hydrogen (secondary N) is 1. The molecule has 0 aliphatic carbocycles. The van der Waals surface area contributed by atoms with Crippen LogP contribution in [0.1, 0.15) is 0 Å². The first-order valence-electron chi connectivity index (χ1n) is 2.62. The fraction of sp³-hybridized carbons (Fsp3) is 1.00. The van der Waals surface area contributed by atoms with Gasteiger partial charge in [0.05, 0.1) is 7.05 Å². The van der Waals surface area contributed by atoms with Crippen LogP contribution in [0.5, 0.6) is 0 Å². The third-order valence-corrected chi connectivity index (χ3v) is 1.26. The molecule has 0 aliphatic heterocycles. The number of rotatable bonds is 2. The summed E-state index contributed by atoms with van der Waals surface area (Å²) in [6.07, 6.45) is 0. The van der Waals surface area contributed by atoms with Crippen molar-refractivity contribution < 1.29 is 0 Å². The van der Waals surface area contributed by atoms with Gasteiger partial charge in [0.25, 0.3) is 0 Å². The molecule has 4 heteroatoms. The maximum Gasteiger partial charge on any atom is 0.167 e. The fourth-order valence-corrected chi connectivity index (χ4v) is 0.600. The second-order valence-corrected chi connectivity index (χ2v) is 7.39. The lowest BCUT2D eigenvalue weighted by Crippen LogP contribution is -2.36. The zero-order valence-corrected chi connectivity index (χ0v) is 6.89. The molecule has 8 heavy (non-hydrogen) atoms. The smallest absolute Gasteiger partial charge is 0.167 e. The maximum atomic E-state index is 3.68. The first kappa shape index (κ1) is 7.62. The summed E-state index contributed by atoms with van der Waals surface area (Å²) in [5, 5.41) is 10.2. The van der Waals surface area contributed by atoms with Gasteiger partial charge in [-0.15, -0.1) is 0 Å². The van der Waals surface area contributed by atoms with Gasteiger partial charge in [-0.25, -0.2) is 0 Å². The Morgan fingerprint density at radius 3 is 1.88 bits per heavy atom. The normalized spacial score (nSPS) is 12.5. The van der Waals surface area contributed by atoms with Crippen LogP contribution in [0.2, 0.25) is 19.6 Å². The molecule has 48 valence electrons. The lowest BCUT2D eigenvalue weighted by molar-refractivity contribution is 0.894. The third kappa shape index (κ3) is 5.62. The Balaban J connectivity index is 3.39. The van der Waals surface area contributed by atoms with Crippen molar-refractivity contribution in [3.63, 3.8) is 0 Å². The Morgan fingerprint density at radius 1 is 1.25 bits per heavy atom. The van der Waals surface area contributed by atoms with E-state index in [0.29, 0.717) is 0 Å². The predicted molar refractivity (Wildman–Crippen MR) is 37.3 cm³/mol. The lowest BCUT2D eigenvalue weighted by Gasteiger charge is -2.11. The molecule has 0 spiro atoms. The van der Waals surface area contributed by atoms with E-state index in [9.17, 15) is 0 Å². The Morgan fingerprint density at radius 2 is 1.75 bits per heavy atom. The van der Waals surface area contributed by atoms with Crippen LogP contribution in [-0.4, -0.2) is 15.3 Å². The van der Waals surface area contributed by atoms with E-state index >= 15 is 0 Å². The molecule has 0 radical (unpaired) electrons. The number of hydrogen-bond acceptors (Lipinski definition) is 2. The quantitative estimate of drug-likeness (QED) is 0.343. The summed E-state index contributed by atoms with van der Waals surface area (Å²) >= 11 is 0. The molecular formula is C4H13N3Si. The Bertz CT molecular complexity index is 83.8. The van der Waals surface area contributed by atoms with Gasteiger partial charge in [0, 0.05) is 0 Å². The van der Waals surface area contributed by atoms with Gasteiger partial charge >= 0.3 is 0 Å².